The second-order valence-corrected chi connectivity index (χ2v) is 3.21. The highest BCUT2D eigenvalue weighted by atomic mass is 16.4. The lowest BCUT2D eigenvalue weighted by Crippen LogP contribution is -2.05. The smallest absolute Gasteiger partial charge is 0.311 e. The first kappa shape index (κ1) is 9.45. The highest BCUT2D eigenvalue weighted by Crippen LogP contribution is 2.16. The van der Waals surface area contributed by atoms with Gasteiger partial charge in [-0.2, -0.15) is 5.10 Å². The van der Waals surface area contributed by atoms with Gasteiger partial charge < -0.3 is 9.67 Å². The van der Waals surface area contributed by atoms with Crippen molar-refractivity contribution in [3.63, 3.8) is 0 Å². The first-order valence-electron chi connectivity index (χ1n) is 4.40. The van der Waals surface area contributed by atoms with Gasteiger partial charge in [-0.25, -0.2) is 4.98 Å². The van der Waals surface area contributed by atoms with E-state index in [2.05, 4.69) is 15.2 Å². The third-order valence-corrected chi connectivity index (χ3v) is 2.08. The molecule has 0 bridgehead atoms. The lowest BCUT2D eigenvalue weighted by atomic mass is 10.3. The van der Waals surface area contributed by atoms with Gasteiger partial charge in [0.05, 0.1) is 11.9 Å². The summed E-state index contributed by atoms with van der Waals surface area (Å²) < 4.78 is 1.70. The largest absolute Gasteiger partial charge is 0.481 e. The summed E-state index contributed by atoms with van der Waals surface area (Å²) in [4.78, 5) is 14.8. The van der Waals surface area contributed by atoms with Crippen molar-refractivity contribution in [2.75, 3.05) is 0 Å². The average molecular weight is 206 g/mol. The summed E-state index contributed by atoms with van der Waals surface area (Å²) in [5, 5.41) is 15.1. The highest BCUT2D eigenvalue weighted by molar-refractivity contribution is 5.69. The van der Waals surface area contributed by atoms with Crippen LogP contribution in [0.4, 0.5) is 0 Å². The number of hydrogen-bond donors (Lipinski definition) is 2. The van der Waals surface area contributed by atoms with Crippen molar-refractivity contribution >= 4 is 5.97 Å². The van der Waals surface area contributed by atoms with Gasteiger partial charge in [0.15, 0.2) is 0 Å². The van der Waals surface area contributed by atoms with E-state index < -0.39 is 5.97 Å². The predicted molar refractivity (Wildman–Crippen MR) is 52.1 cm³/mol. The summed E-state index contributed by atoms with van der Waals surface area (Å²) in [6.07, 6.45) is 5.07. The minimum Gasteiger partial charge on any atom is -0.481 e. The van der Waals surface area contributed by atoms with Gasteiger partial charge in [0.2, 0.25) is 0 Å². The van der Waals surface area contributed by atoms with Gasteiger partial charge >= 0.3 is 5.97 Å². The van der Waals surface area contributed by atoms with Crippen LogP contribution in [0.15, 0.2) is 18.6 Å². The van der Waals surface area contributed by atoms with Crippen molar-refractivity contribution in [3.8, 4) is 11.3 Å². The standard InChI is InChI=1S/C9H10N4O2/c1-13-5-7(6-3-10-11-4-6)12-8(13)2-9(14)15/h3-5H,2H2,1H3,(H,10,11)(H,14,15). The Hall–Kier alpha value is -2.11. The quantitative estimate of drug-likeness (QED) is 0.763. The monoisotopic (exact) mass is 206 g/mol. The molecule has 0 aliphatic heterocycles. The van der Waals surface area contributed by atoms with E-state index in [1.807, 2.05) is 0 Å². The van der Waals surface area contributed by atoms with E-state index in [9.17, 15) is 4.79 Å². The molecule has 0 amide bonds. The minimum atomic E-state index is -0.887. The molecule has 0 unspecified atom stereocenters. The molecule has 15 heavy (non-hydrogen) atoms. The van der Waals surface area contributed by atoms with E-state index in [-0.39, 0.29) is 6.42 Å². The maximum absolute atomic E-state index is 10.5. The molecule has 6 nitrogen and oxygen atoms in total. The van der Waals surface area contributed by atoms with E-state index >= 15 is 0 Å². The molecule has 0 spiro atoms. The number of aliphatic carboxylic acids is 1. The number of rotatable bonds is 3. The van der Waals surface area contributed by atoms with Gasteiger partial charge in [-0.05, 0) is 0 Å². The van der Waals surface area contributed by atoms with Gasteiger partial charge in [0.1, 0.15) is 12.2 Å². The lowest BCUT2D eigenvalue weighted by molar-refractivity contribution is -0.136. The van der Waals surface area contributed by atoms with Crippen molar-refractivity contribution < 1.29 is 9.90 Å². The molecule has 6 heteroatoms. The predicted octanol–water partition coefficient (Wildman–Crippen LogP) is 0.437. The van der Waals surface area contributed by atoms with Gasteiger partial charge in [-0.3, -0.25) is 9.89 Å². The third kappa shape index (κ3) is 1.88. The van der Waals surface area contributed by atoms with E-state index in [0.717, 1.165) is 11.3 Å². The first-order valence-corrected chi connectivity index (χ1v) is 4.40. The molecule has 2 heterocycles. The molecule has 0 aromatic carbocycles. The second kappa shape index (κ2) is 3.56. The third-order valence-electron chi connectivity index (χ3n) is 2.08. The van der Waals surface area contributed by atoms with Crippen LogP contribution in [0.2, 0.25) is 0 Å². The summed E-state index contributed by atoms with van der Waals surface area (Å²) in [6.45, 7) is 0. The Morgan fingerprint density at radius 1 is 1.67 bits per heavy atom. The fraction of sp³-hybridized carbons (Fsp3) is 0.222. The number of carboxylic acid groups (broad SMARTS) is 1. The zero-order chi connectivity index (χ0) is 10.8. The fourth-order valence-corrected chi connectivity index (χ4v) is 1.33. The number of carbonyl (C=O) groups is 1. The Morgan fingerprint density at radius 2 is 2.47 bits per heavy atom. The topological polar surface area (TPSA) is 83.8 Å². The van der Waals surface area contributed by atoms with E-state index in [0.29, 0.717) is 5.82 Å². The van der Waals surface area contributed by atoms with Crippen LogP contribution >= 0.6 is 0 Å². The van der Waals surface area contributed by atoms with Crippen LogP contribution in [0.1, 0.15) is 5.82 Å². The van der Waals surface area contributed by atoms with Gasteiger partial charge in [-0.1, -0.05) is 0 Å². The average Bonchev–Trinajstić information content (AvgIpc) is 2.75. The molecule has 0 radical (unpaired) electrons. The Kier molecular flexibility index (Phi) is 2.24. The molecule has 0 aliphatic rings. The summed E-state index contributed by atoms with van der Waals surface area (Å²) in [5.41, 5.74) is 1.57. The molecule has 2 aromatic heterocycles. The number of aromatic amines is 1. The van der Waals surface area contributed by atoms with Crippen LogP contribution in [-0.4, -0.2) is 30.8 Å². The van der Waals surface area contributed by atoms with Crippen LogP contribution < -0.4 is 0 Å². The SMILES string of the molecule is Cn1cc(-c2cn[nH]c2)nc1CC(=O)O. The Balaban J connectivity index is 2.33. The molecule has 0 fully saturated rings. The fourth-order valence-electron chi connectivity index (χ4n) is 1.33. The Bertz CT molecular complexity index is 472. The van der Waals surface area contributed by atoms with Crippen molar-refractivity contribution in [3.05, 3.63) is 24.4 Å². The molecular formula is C9H10N4O2. The summed E-state index contributed by atoms with van der Waals surface area (Å²) in [6, 6.07) is 0. The van der Waals surface area contributed by atoms with Crippen molar-refractivity contribution in [2.24, 2.45) is 7.05 Å². The van der Waals surface area contributed by atoms with Crippen LogP contribution in [0, 0.1) is 0 Å². The molecule has 0 saturated carbocycles. The molecule has 78 valence electrons. The van der Waals surface area contributed by atoms with Crippen LogP contribution in [-0.2, 0) is 18.3 Å². The molecule has 0 aliphatic carbocycles. The zero-order valence-corrected chi connectivity index (χ0v) is 8.14. The van der Waals surface area contributed by atoms with E-state index in [1.54, 1.807) is 30.2 Å². The molecule has 0 atom stereocenters. The maximum Gasteiger partial charge on any atom is 0.311 e. The maximum atomic E-state index is 10.5. The summed E-state index contributed by atoms with van der Waals surface area (Å²) >= 11 is 0. The summed E-state index contributed by atoms with van der Waals surface area (Å²) in [5.74, 6) is -0.360. The van der Waals surface area contributed by atoms with Gasteiger partial charge in [0.25, 0.3) is 0 Å². The zero-order valence-electron chi connectivity index (χ0n) is 8.14. The first-order chi connectivity index (χ1) is 7.16. The highest BCUT2D eigenvalue weighted by Gasteiger charge is 2.10. The van der Waals surface area contributed by atoms with Crippen LogP contribution in [0.3, 0.4) is 0 Å². The van der Waals surface area contributed by atoms with Crippen molar-refractivity contribution in [1.29, 1.82) is 0 Å². The van der Waals surface area contributed by atoms with Crippen molar-refractivity contribution in [2.45, 2.75) is 6.42 Å². The minimum absolute atomic E-state index is 0.0750. The molecule has 2 rings (SSSR count). The second-order valence-electron chi connectivity index (χ2n) is 3.21. The van der Waals surface area contributed by atoms with E-state index in [4.69, 9.17) is 5.11 Å². The van der Waals surface area contributed by atoms with Crippen LogP contribution in [0.25, 0.3) is 11.3 Å². The van der Waals surface area contributed by atoms with E-state index in [1.165, 1.54) is 0 Å². The Labute approximate surface area is 85.6 Å². The molecule has 2 N–H and O–H groups in total. The van der Waals surface area contributed by atoms with Crippen LogP contribution in [0.5, 0.6) is 0 Å². The number of carboxylic acids is 1. The number of nitrogens with one attached hydrogen (secondary N) is 1. The lowest BCUT2D eigenvalue weighted by Gasteiger charge is -1.94. The molecule has 0 saturated heterocycles. The number of imidazole rings is 1. The summed E-state index contributed by atoms with van der Waals surface area (Å²) in [7, 11) is 1.77. The number of aromatic nitrogens is 4. The van der Waals surface area contributed by atoms with Crippen molar-refractivity contribution in [1.82, 2.24) is 19.7 Å². The number of aryl methyl sites for hydroxylation is 1. The molecular weight excluding hydrogens is 196 g/mol. The normalized spacial score (nSPS) is 10.5. The number of H-pyrrole nitrogens is 1. The van der Waals surface area contributed by atoms with Gasteiger partial charge in [0, 0.05) is 25.0 Å². The number of nitrogens with zero attached hydrogens (tertiary/aromatic N) is 3. The molecule has 2 aromatic rings. The number of hydrogen-bond acceptors (Lipinski definition) is 3. The van der Waals surface area contributed by atoms with Gasteiger partial charge in [-0.15, -0.1) is 0 Å². The Morgan fingerprint density at radius 3 is 3.07 bits per heavy atom.